The minimum atomic E-state index is 0.141. The standard InChI is InChI=1S/C25H31N7O/c1-17(33)30-11-8-24-22(16-30)25(28-32(24)21-7-9-26-14-21)31-10-3-4-19-12-18(5-6-23(19)31)20-13-27-29(2)15-20/h5-6,12-13,15,21,26H,3-4,7-11,14,16H2,1-2H3. The SMILES string of the molecule is CC(=O)N1CCc2c(c(N3CCCc4cc(-c5cnn(C)c5)ccc43)nn2C2CCNC2)C1. The van der Waals surface area contributed by atoms with E-state index < -0.39 is 0 Å². The van der Waals surface area contributed by atoms with Crippen LogP contribution in [0.2, 0.25) is 0 Å². The number of hydrogen-bond acceptors (Lipinski definition) is 5. The first-order valence-corrected chi connectivity index (χ1v) is 12.0. The van der Waals surface area contributed by atoms with Gasteiger partial charge in [-0.2, -0.15) is 10.2 Å². The van der Waals surface area contributed by atoms with Crippen molar-refractivity contribution in [3.63, 3.8) is 0 Å². The van der Waals surface area contributed by atoms with Gasteiger partial charge in [0.25, 0.3) is 0 Å². The maximum absolute atomic E-state index is 12.2. The monoisotopic (exact) mass is 445 g/mol. The van der Waals surface area contributed by atoms with Crippen molar-refractivity contribution >= 4 is 17.4 Å². The Kier molecular flexibility index (Phi) is 4.98. The average molecular weight is 446 g/mol. The van der Waals surface area contributed by atoms with Gasteiger partial charge in [-0.1, -0.05) is 6.07 Å². The third-order valence-electron chi connectivity index (χ3n) is 7.38. The second-order valence-electron chi connectivity index (χ2n) is 9.53. The highest BCUT2D eigenvalue weighted by atomic mass is 16.2. The molecule has 0 radical (unpaired) electrons. The van der Waals surface area contributed by atoms with Crippen LogP contribution in [-0.2, 0) is 31.2 Å². The van der Waals surface area contributed by atoms with Gasteiger partial charge in [-0.3, -0.25) is 14.2 Å². The smallest absolute Gasteiger partial charge is 0.219 e. The van der Waals surface area contributed by atoms with Crippen LogP contribution in [0.15, 0.2) is 30.6 Å². The fourth-order valence-electron chi connectivity index (χ4n) is 5.63. The van der Waals surface area contributed by atoms with Crippen molar-refractivity contribution < 1.29 is 4.79 Å². The Morgan fingerprint density at radius 3 is 2.85 bits per heavy atom. The number of rotatable bonds is 3. The molecule has 33 heavy (non-hydrogen) atoms. The highest BCUT2D eigenvalue weighted by Crippen LogP contribution is 2.40. The number of hydrogen-bond donors (Lipinski definition) is 1. The zero-order valence-corrected chi connectivity index (χ0v) is 19.4. The molecule has 1 aromatic carbocycles. The van der Waals surface area contributed by atoms with Gasteiger partial charge in [0.2, 0.25) is 5.91 Å². The number of fused-ring (bicyclic) bond motifs is 2. The molecule has 1 amide bonds. The van der Waals surface area contributed by atoms with Gasteiger partial charge in [-0.15, -0.1) is 0 Å². The molecule has 2 aromatic heterocycles. The van der Waals surface area contributed by atoms with E-state index in [0.29, 0.717) is 12.6 Å². The Labute approximate surface area is 194 Å². The van der Waals surface area contributed by atoms with Crippen molar-refractivity contribution in [3.8, 4) is 11.1 Å². The lowest BCUT2D eigenvalue weighted by Gasteiger charge is -2.32. The molecule has 6 rings (SSSR count). The zero-order chi connectivity index (χ0) is 22.5. The van der Waals surface area contributed by atoms with E-state index in [0.717, 1.165) is 63.2 Å². The molecule has 0 aliphatic carbocycles. The summed E-state index contributed by atoms with van der Waals surface area (Å²) in [6.07, 6.45) is 8.12. The minimum absolute atomic E-state index is 0.141. The maximum atomic E-state index is 12.2. The van der Waals surface area contributed by atoms with Gasteiger partial charge in [0, 0.05) is 68.7 Å². The summed E-state index contributed by atoms with van der Waals surface area (Å²) in [6.45, 7) is 6.06. The molecule has 0 bridgehead atoms. The van der Waals surface area contributed by atoms with Gasteiger partial charge < -0.3 is 15.1 Å². The lowest BCUT2D eigenvalue weighted by molar-refractivity contribution is -0.129. The molecule has 172 valence electrons. The van der Waals surface area contributed by atoms with Crippen LogP contribution < -0.4 is 10.2 Å². The first-order valence-electron chi connectivity index (χ1n) is 12.0. The molecule has 1 saturated heterocycles. The number of nitrogens with one attached hydrogen (secondary N) is 1. The van der Waals surface area contributed by atoms with Gasteiger partial charge in [-0.25, -0.2) is 0 Å². The summed E-state index contributed by atoms with van der Waals surface area (Å²) < 4.78 is 4.12. The number of amides is 1. The van der Waals surface area contributed by atoms with Gasteiger partial charge in [-0.05, 0) is 49.1 Å². The fraction of sp³-hybridized carbons (Fsp3) is 0.480. The van der Waals surface area contributed by atoms with Crippen molar-refractivity contribution in [3.05, 3.63) is 47.4 Å². The number of carbonyl (C=O) groups excluding carboxylic acids is 1. The summed E-state index contributed by atoms with van der Waals surface area (Å²) in [7, 11) is 1.95. The van der Waals surface area contributed by atoms with E-state index in [-0.39, 0.29) is 5.91 Å². The first kappa shape index (κ1) is 20.5. The molecular formula is C25H31N7O. The average Bonchev–Trinajstić information content (AvgIpc) is 3.57. The molecule has 3 aliphatic rings. The third-order valence-corrected chi connectivity index (χ3v) is 7.38. The minimum Gasteiger partial charge on any atom is -0.338 e. The van der Waals surface area contributed by atoms with E-state index in [1.165, 1.54) is 28.1 Å². The van der Waals surface area contributed by atoms with Crippen LogP contribution in [0.25, 0.3) is 11.1 Å². The van der Waals surface area contributed by atoms with E-state index in [2.05, 4.69) is 44.4 Å². The largest absolute Gasteiger partial charge is 0.338 e. The van der Waals surface area contributed by atoms with E-state index in [4.69, 9.17) is 5.10 Å². The van der Waals surface area contributed by atoms with Crippen LogP contribution in [0.1, 0.15) is 42.6 Å². The molecule has 1 unspecified atom stereocenters. The molecule has 8 nitrogen and oxygen atoms in total. The molecular weight excluding hydrogens is 414 g/mol. The Balaban J connectivity index is 1.42. The number of carbonyl (C=O) groups is 1. The lowest BCUT2D eigenvalue weighted by Crippen LogP contribution is -2.35. The van der Waals surface area contributed by atoms with E-state index >= 15 is 0 Å². The Morgan fingerprint density at radius 1 is 1.18 bits per heavy atom. The van der Waals surface area contributed by atoms with Crippen molar-refractivity contribution in [2.24, 2.45) is 7.05 Å². The number of nitrogens with zero attached hydrogens (tertiary/aromatic N) is 6. The molecule has 1 fully saturated rings. The summed E-state index contributed by atoms with van der Waals surface area (Å²) in [5, 5.41) is 13.0. The second kappa shape index (κ2) is 8.02. The lowest BCUT2D eigenvalue weighted by atomic mass is 9.96. The van der Waals surface area contributed by atoms with Crippen LogP contribution in [0, 0.1) is 0 Å². The summed E-state index contributed by atoms with van der Waals surface area (Å²) in [4.78, 5) is 16.6. The topological polar surface area (TPSA) is 71.2 Å². The van der Waals surface area contributed by atoms with Crippen molar-refractivity contribution in [1.29, 1.82) is 0 Å². The van der Waals surface area contributed by atoms with Crippen molar-refractivity contribution in [2.45, 2.75) is 45.2 Å². The second-order valence-corrected chi connectivity index (χ2v) is 9.53. The van der Waals surface area contributed by atoms with Gasteiger partial charge in [0.05, 0.1) is 18.8 Å². The van der Waals surface area contributed by atoms with Crippen LogP contribution in [-0.4, -0.2) is 56.5 Å². The summed E-state index contributed by atoms with van der Waals surface area (Å²) in [5.74, 6) is 1.18. The molecule has 5 heterocycles. The zero-order valence-electron chi connectivity index (χ0n) is 19.4. The highest BCUT2D eigenvalue weighted by Gasteiger charge is 2.33. The van der Waals surface area contributed by atoms with Crippen LogP contribution in [0.4, 0.5) is 11.5 Å². The van der Waals surface area contributed by atoms with E-state index in [1.807, 2.05) is 22.8 Å². The summed E-state index contributed by atoms with van der Waals surface area (Å²) >= 11 is 0. The van der Waals surface area contributed by atoms with E-state index in [9.17, 15) is 4.79 Å². The number of benzene rings is 1. The van der Waals surface area contributed by atoms with Gasteiger partial charge in [0.1, 0.15) is 0 Å². The number of aromatic nitrogens is 4. The Hall–Kier alpha value is -3.13. The van der Waals surface area contributed by atoms with Crippen molar-refractivity contribution in [2.75, 3.05) is 31.1 Å². The molecule has 1 atom stereocenters. The molecule has 3 aliphatic heterocycles. The van der Waals surface area contributed by atoms with Crippen molar-refractivity contribution in [1.82, 2.24) is 29.8 Å². The molecule has 0 spiro atoms. The molecule has 3 aromatic rings. The highest BCUT2D eigenvalue weighted by molar-refractivity contribution is 5.76. The number of aryl methyl sites for hydroxylation is 2. The molecule has 8 heteroatoms. The fourth-order valence-corrected chi connectivity index (χ4v) is 5.63. The Bertz CT molecular complexity index is 1200. The van der Waals surface area contributed by atoms with Crippen LogP contribution in [0.5, 0.6) is 0 Å². The van der Waals surface area contributed by atoms with Crippen LogP contribution in [0.3, 0.4) is 0 Å². The van der Waals surface area contributed by atoms with Crippen LogP contribution >= 0.6 is 0 Å². The summed E-state index contributed by atoms with van der Waals surface area (Å²) in [6, 6.07) is 7.14. The first-order chi connectivity index (χ1) is 16.1. The normalized spacial score (nSPS) is 20.1. The summed E-state index contributed by atoms with van der Waals surface area (Å²) in [5.41, 5.74) is 7.49. The Morgan fingerprint density at radius 2 is 2.09 bits per heavy atom. The quantitative estimate of drug-likeness (QED) is 0.671. The van der Waals surface area contributed by atoms with E-state index in [1.54, 1.807) is 6.92 Å². The third kappa shape index (κ3) is 3.53. The predicted molar refractivity (Wildman–Crippen MR) is 128 cm³/mol. The molecule has 1 N–H and O–H groups in total. The number of anilines is 2. The van der Waals surface area contributed by atoms with Gasteiger partial charge >= 0.3 is 0 Å². The maximum Gasteiger partial charge on any atom is 0.219 e. The van der Waals surface area contributed by atoms with Gasteiger partial charge in [0.15, 0.2) is 5.82 Å². The molecule has 0 saturated carbocycles. The predicted octanol–water partition coefficient (Wildman–Crippen LogP) is 2.81.